The summed E-state index contributed by atoms with van der Waals surface area (Å²) in [6, 6.07) is 9.00. The molecule has 0 atom stereocenters. The Labute approximate surface area is 179 Å². The highest BCUT2D eigenvalue weighted by atomic mass is 35.5. The Balaban J connectivity index is 1.84. The molecule has 1 aliphatic carbocycles. The maximum absolute atomic E-state index is 13.3. The molecule has 3 rings (SSSR count). The molecule has 0 bridgehead atoms. The van der Waals surface area contributed by atoms with Crippen LogP contribution in [0, 0.1) is 5.82 Å². The van der Waals surface area contributed by atoms with Gasteiger partial charge in [-0.2, -0.15) is 4.31 Å². The van der Waals surface area contributed by atoms with Gasteiger partial charge >= 0.3 is 0 Å². The van der Waals surface area contributed by atoms with Crippen LogP contribution >= 0.6 is 23.2 Å². The molecule has 2 aromatic rings. The summed E-state index contributed by atoms with van der Waals surface area (Å²) in [6.45, 7) is -0.343. The van der Waals surface area contributed by atoms with Gasteiger partial charge in [0.05, 0.1) is 21.5 Å². The highest BCUT2D eigenvalue weighted by molar-refractivity contribution is 7.89. The SMILES string of the molecule is O=C(CN(C1CCCCC1)S(=O)(=O)c1ccc(F)cc1)Nc1ccc(Cl)c(Cl)c1. The Kier molecular flexibility index (Phi) is 7.16. The molecule has 1 amide bonds. The third kappa shape index (κ3) is 5.48. The van der Waals surface area contributed by atoms with Crippen molar-refractivity contribution >= 4 is 44.8 Å². The molecule has 1 aliphatic rings. The van der Waals surface area contributed by atoms with E-state index >= 15 is 0 Å². The van der Waals surface area contributed by atoms with Gasteiger partial charge in [-0.15, -0.1) is 0 Å². The van der Waals surface area contributed by atoms with E-state index in [-0.39, 0.29) is 22.5 Å². The fourth-order valence-electron chi connectivity index (χ4n) is 3.44. The number of nitrogens with zero attached hydrogens (tertiary/aromatic N) is 1. The van der Waals surface area contributed by atoms with E-state index in [4.69, 9.17) is 23.2 Å². The number of nitrogens with one attached hydrogen (secondary N) is 1. The molecule has 0 saturated heterocycles. The molecule has 29 heavy (non-hydrogen) atoms. The van der Waals surface area contributed by atoms with Gasteiger partial charge in [-0.3, -0.25) is 4.79 Å². The quantitative estimate of drug-likeness (QED) is 0.654. The maximum Gasteiger partial charge on any atom is 0.243 e. The highest BCUT2D eigenvalue weighted by Gasteiger charge is 2.34. The number of anilines is 1. The van der Waals surface area contributed by atoms with Crippen LogP contribution in [0.2, 0.25) is 10.0 Å². The van der Waals surface area contributed by atoms with E-state index in [1.807, 2.05) is 0 Å². The molecular weight excluding hydrogens is 438 g/mol. The van der Waals surface area contributed by atoms with Crippen molar-refractivity contribution in [2.45, 2.75) is 43.0 Å². The summed E-state index contributed by atoms with van der Waals surface area (Å²) in [6.07, 6.45) is 4.19. The summed E-state index contributed by atoms with van der Waals surface area (Å²) in [7, 11) is -3.96. The molecule has 156 valence electrons. The first kappa shape index (κ1) is 22.0. The van der Waals surface area contributed by atoms with Crippen molar-refractivity contribution in [3.05, 3.63) is 58.3 Å². The van der Waals surface area contributed by atoms with Crippen LogP contribution in [-0.2, 0) is 14.8 Å². The second-order valence-corrected chi connectivity index (χ2v) is 9.68. The smallest absolute Gasteiger partial charge is 0.243 e. The lowest BCUT2D eigenvalue weighted by Crippen LogP contribution is -2.45. The summed E-state index contributed by atoms with van der Waals surface area (Å²) in [5.41, 5.74) is 0.423. The average Bonchev–Trinajstić information content (AvgIpc) is 2.70. The predicted molar refractivity (Wildman–Crippen MR) is 112 cm³/mol. The fourth-order valence-corrected chi connectivity index (χ4v) is 5.38. The number of hydrogen-bond donors (Lipinski definition) is 1. The molecule has 9 heteroatoms. The number of benzene rings is 2. The molecule has 0 aliphatic heterocycles. The minimum absolute atomic E-state index is 0.0354. The third-order valence-corrected chi connectivity index (χ3v) is 7.56. The van der Waals surface area contributed by atoms with Gasteiger partial charge in [-0.1, -0.05) is 42.5 Å². The average molecular weight is 459 g/mol. The first-order valence-electron chi connectivity index (χ1n) is 9.29. The molecule has 0 heterocycles. The van der Waals surface area contributed by atoms with Gasteiger partial charge in [-0.25, -0.2) is 12.8 Å². The van der Waals surface area contributed by atoms with Crippen molar-refractivity contribution < 1.29 is 17.6 Å². The Morgan fingerprint density at radius 1 is 1.03 bits per heavy atom. The predicted octanol–water partition coefficient (Wildman–Crippen LogP) is 5.09. The van der Waals surface area contributed by atoms with Gasteiger partial charge in [-0.05, 0) is 55.3 Å². The summed E-state index contributed by atoms with van der Waals surface area (Å²) < 4.78 is 40.9. The van der Waals surface area contributed by atoms with Gasteiger partial charge < -0.3 is 5.32 Å². The highest BCUT2D eigenvalue weighted by Crippen LogP contribution is 2.29. The van der Waals surface area contributed by atoms with Crippen molar-refractivity contribution in [1.29, 1.82) is 0 Å². The fraction of sp³-hybridized carbons (Fsp3) is 0.350. The number of amides is 1. The standard InChI is InChI=1S/C20H21Cl2FN2O3S/c21-18-11-8-15(12-19(18)22)24-20(26)13-25(16-4-2-1-3-5-16)29(27,28)17-9-6-14(23)7-10-17/h6-12,16H,1-5,13H2,(H,24,26). The number of hydrogen-bond acceptors (Lipinski definition) is 3. The Morgan fingerprint density at radius 3 is 2.31 bits per heavy atom. The van der Waals surface area contributed by atoms with Gasteiger partial charge in [0.2, 0.25) is 15.9 Å². The van der Waals surface area contributed by atoms with Crippen LogP contribution in [0.3, 0.4) is 0 Å². The zero-order valence-corrected chi connectivity index (χ0v) is 17.9. The molecule has 1 saturated carbocycles. The van der Waals surface area contributed by atoms with Crippen LogP contribution in [0.4, 0.5) is 10.1 Å². The molecule has 2 aromatic carbocycles. The lowest BCUT2D eigenvalue weighted by molar-refractivity contribution is -0.116. The molecule has 0 radical (unpaired) electrons. The van der Waals surface area contributed by atoms with E-state index in [0.29, 0.717) is 23.6 Å². The van der Waals surface area contributed by atoms with E-state index < -0.39 is 21.7 Å². The Hall–Kier alpha value is -1.67. The van der Waals surface area contributed by atoms with Crippen molar-refractivity contribution in [3.8, 4) is 0 Å². The van der Waals surface area contributed by atoms with E-state index in [1.54, 1.807) is 12.1 Å². The van der Waals surface area contributed by atoms with Crippen LogP contribution < -0.4 is 5.32 Å². The molecule has 0 aromatic heterocycles. The normalized spacial score (nSPS) is 15.4. The first-order chi connectivity index (χ1) is 13.8. The van der Waals surface area contributed by atoms with Gasteiger partial charge in [0, 0.05) is 11.7 Å². The lowest BCUT2D eigenvalue weighted by Gasteiger charge is -2.33. The number of carbonyl (C=O) groups excluding carboxylic acids is 1. The topological polar surface area (TPSA) is 66.5 Å². The van der Waals surface area contributed by atoms with Crippen molar-refractivity contribution in [1.82, 2.24) is 4.31 Å². The van der Waals surface area contributed by atoms with Gasteiger partial charge in [0.1, 0.15) is 5.82 Å². The second-order valence-electron chi connectivity index (χ2n) is 6.97. The summed E-state index contributed by atoms with van der Waals surface area (Å²) >= 11 is 11.9. The monoisotopic (exact) mass is 458 g/mol. The van der Waals surface area contributed by atoms with Crippen molar-refractivity contribution in [3.63, 3.8) is 0 Å². The van der Waals surface area contributed by atoms with Gasteiger partial charge in [0.25, 0.3) is 0 Å². The number of rotatable bonds is 6. The number of carbonyl (C=O) groups is 1. The minimum atomic E-state index is -3.96. The van der Waals surface area contributed by atoms with Crippen LogP contribution in [0.5, 0.6) is 0 Å². The van der Waals surface area contributed by atoms with Gasteiger partial charge in [0.15, 0.2) is 0 Å². The van der Waals surface area contributed by atoms with Crippen LogP contribution in [-0.4, -0.2) is 31.2 Å². The third-order valence-electron chi connectivity index (χ3n) is 4.90. The molecule has 0 unspecified atom stereocenters. The molecule has 1 fully saturated rings. The Morgan fingerprint density at radius 2 is 1.69 bits per heavy atom. The maximum atomic E-state index is 13.3. The zero-order valence-electron chi connectivity index (χ0n) is 15.6. The zero-order chi connectivity index (χ0) is 21.0. The van der Waals surface area contributed by atoms with Crippen LogP contribution in [0.1, 0.15) is 32.1 Å². The van der Waals surface area contributed by atoms with E-state index in [2.05, 4.69) is 5.32 Å². The molecule has 1 N–H and O–H groups in total. The van der Waals surface area contributed by atoms with Crippen LogP contribution in [0.15, 0.2) is 47.4 Å². The first-order valence-corrected chi connectivity index (χ1v) is 11.5. The summed E-state index contributed by atoms with van der Waals surface area (Å²) in [4.78, 5) is 12.6. The summed E-state index contributed by atoms with van der Waals surface area (Å²) in [5.74, 6) is -1.01. The molecular formula is C20H21Cl2FN2O3S. The van der Waals surface area contributed by atoms with E-state index in [1.165, 1.54) is 22.5 Å². The lowest BCUT2D eigenvalue weighted by atomic mass is 9.95. The Bertz CT molecular complexity index is 978. The molecule has 5 nitrogen and oxygen atoms in total. The van der Waals surface area contributed by atoms with Crippen molar-refractivity contribution in [2.75, 3.05) is 11.9 Å². The largest absolute Gasteiger partial charge is 0.325 e. The van der Waals surface area contributed by atoms with E-state index in [0.717, 1.165) is 31.4 Å². The summed E-state index contributed by atoms with van der Waals surface area (Å²) in [5, 5.41) is 3.30. The minimum Gasteiger partial charge on any atom is -0.325 e. The van der Waals surface area contributed by atoms with E-state index in [9.17, 15) is 17.6 Å². The van der Waals surface area contributed by atoms with Crippen LogP contribution in [0.25, 0.3) is 0 Å². The van der Waals surface area contributed by atoms with Crippen molar-refractivity contribution in [2.24, 2.45) is 0 Å². The number of sulfonamides is 1. The molecule has 0 spiro atoms. The number of halogens is 3. The second kappa shape index (κ2) is 9.43.